The molecule has 0 aromatic rings. The second-order valence-corrected chi connectivity index (χ2v) is 11.7. The first-order valence-electron chi connectivity index (χ1n) is 12.5. The Labute approximate surface area is 189 Å². The van der Waals surface area contributed by atoms with E-state index in [0.717, 1.165) is 18.8 Å². The fourth-order valence-corrected chi connectivity index (χ4v) is 6.94. The summed E-state index contributed by atoms with van der Waals surface area (Å²) in [5, 5.41) is 29.8. The number of aliphatic hydroxyl groups excluding tert-OH is 3. The fourth-order valence-electron chi connectivity index (χ4n) is 6.94. The standard InChI is InChI=1S/C26H46O5/c1-16(12-15-30-24-23(29)22(28)21(27)18(3)31-24)8-10-19-17(2)9-11-20-25(4,5)13-7-14-26(19,20)6/h16,18-24,27-29H,2,7-15H2,1,3-6H3/t16?,18-,19-,20?,21-,22+,23+,24+,26+/m1/s1. The van der Waals surface area contributed by atoms with E-state index in [0.29, 0.717) is 29.3 Å². The predicted molar refractivity (Wildman–Crippen MR) is 122 cm³/mol. The lowest BCUT2D eigenvalue weighted by Crippen LogP contribution is -2.57. The Balaban J connectivity index is 1.49. The molecule has 5 heteroatoms. The van der Waals surface area contributed by atoms with Crippen molar-refractivity contribution in [2.75, 3.05) is 6.61 Å². The summed E-state index contributed by atoms with van der Waals surface area (Å²) in [6.45, 7) is 16.4. The second-order valence-electron chi connectivity index (χ2n) is 11.7. The fraction of sp³-hybridized carbons (Fsp3) is 0.923. The highest BCUT2D eigenvalue weighted by atomic mass is 16.7. The van der Waals surface area contributed by atoms with Crippen LogP contribution in [0.15, 0.2) is 12.2 Å². The van der Waals surface area contributed by atoms with Crippen molar-refractivity contribution in [3.8, 4) is 0 Å². The smallest absolute Gasteiger partial charge is 0.186 e. The van der Waals surface area contributed by atoms with E-state index < -0.39 is 30.7 Å². The number of hydrogen-bond acceptors (Lipinski definition) is 5. The molecule has 5 nitrogen and oxygen atoms in total. The van der Waals surface area contributed by atoms with Crippen molar-refractivity contribution in [2.45, 2.75) is 117 Å². The van der Waals surface area contributed by atoms with Crippen LogP contribution in [0.4, 0.5) is 0 Å². The molecule has 0 amide bonds. The van der Waals surface area contributed by atoms with Gasteiger partial charge in [-0.05, 0) is 74.0 Å². The summed E-state index contributed by atoms with van der Waals surface area (Å²) in [7, 11) is 0. The van der Waals surface area contributed by atoms with Crippen molar-refractivity contribution >= 4 is 0 Å². The molecule has 0 bridgehead atoms. The SMILES string of the molecule is C=C1CCC2C(C)(C)CCC[C@@]2(C)[C@@H]1CCC(C)CCO[C@H]1O[C@H](C)[C@@H](O)[C@H](O)[C@@H]1O. The zero-order valence-electron chi connectivity index (χ0n) is 20.3. The Morgan fingerprint density at radius 2 is 1.81 bits per heavy atom. The van der Waals surface area contributed by atoms with Crippen LogP contribution in [-0.4, -0.2) is 52.6 Å². The van der Waals surface area contributed by atoms with Gasteiger partial charge in [-0.3, -0.25) is 0 Å². The molecule has 180 valence electrons. The second kappa shape index (κ2) is 9.80. The van der Waals surface area contributed by atoms with Gasteiger partial charge in [0.15, 0.2) is 6.29 Å². The largest absolute Gasteiger partial charge is 0.388 e. The van der Waals surface area contributed by atoms with Gasteiger partial charge < -0.3 is 24.8 Å². The molecule has 0 aromatic carbocycles. The van der Waals surface area contributed by atoms with E-state index in [4.69, 9.17) is 9.47 Å². The van der Waals surface area contributed by atoms with Gasteiger partial charge in [0.05, 0.1) is 12.7 Å². The summed E-state index contributed by atoms with van der Waals surface area (Å²) in [6, 6.07) is 0. The van der Waals surface area contributed by atoms with Crippen molar-refractivity contribution in [3.05, 3.63) is 12.2 Å². The molecule has 3 fully saturated rings. The topological polar surface area (TPSA) is 79.2 Å². The Morgan fingerprint density at radius 1 is 1.10 bits per heavy atom. The minimum absolute atomic E-state index is 0.375. The summed E-state index contributed by atoms with van der Waals surface area (Å²) in [5.74, 6) is 1.90. The third-order valence-corrected chi connectivity index (χ3v) is 8.97. The van der Waals surface area contributed by atoms with Gasteiger partial charge >= 0.3 is 0 Å². The van der Waals surface area contributed by atoms with Crippen LogP contribution in [0.5, 0.6) is 0 Å². The van der Waals surface area contributed by atoms with Crippen LogP contribution in [0.25, 0.3) is 0 Å². The molecule has 3 rings (SSSR count). The summed E-state index contributed by atoms with van der Waals surface area (Å²) >= 11 is 0. The Morgan fingerprint density at radius 3 is 2.52 bits per heavy atom. The number of ether oxygens (including phenoxy) is 2. The lowest BCUT2D eigenvalue weighted by Gasteiger charge is -2.58. The number of rotatable bonds is 7. The highest BCUT2D eigenvalue weighted by Crippen LogP contribution is 2.61. The molecule has 0 radical (unpaired) electrons. The molecule has 1 heterocycles. The molecular weight excluding hydrogens is 392 g/mol. The van der Waals surface area contributed by atoms with Crippen molar-refractivity contribution in [1.82, 2.24) is 0 Å². The molecule has 1 saturated heterocycles. The van der Waals surface area contributed by atoms with E-state index in [-0.39, 0.29) is 0 Å². The average molecular weight is 439 g/mol. The third-order valence-electron chi connectivity index (χ3n) is 8.97. The predicted octanol–water partition coefficient (Wildman–Crippen LogP) is 4.44. The van der Waals surface area contributed by atoms with E-state index in [2.05, 4.69) is 34.3 Å². The van der Waals surface area contributed by atoms with Gasteiger partial charge in [-0.25, -0.2) is 0 Å². The van der Waals surface area contributed by atoms with Gasteiger partial charge in [0.25, 0.3) is 0 Å². The first kappa shape index (κ1) is 25.2. The maximum absolute atomic E-state index is 10.1. The number of aliphatic hydroxyl groups is 3. The maximum Gasteiger partial charge on any atom is 0.186 e. The molecule has 3 N–H and O–H groups in total. The Kier molecular flexibility index (Phi) is 7.96. The molecule has 2 aliphatic carbocycles. The van der Waals surface area contributed by atoms with Crippen LogP contribution in [0.1, 0.15) is 86.0 Å². The molecule has 2 saturated carbocycles. The number of hydrogen-bond donors (Lipinski definition) is 3. The number of allylic oxidation sites excluding steroid dienone is 1. The van der Waals surface area contributed by atoms with Gasteiger partial charge in [-0.15, -0.1) is 0 Å². The summed E-state index contributed by atoms with van der Waals surface area (Å²) in [6.07, 6.45) is 4.68. The third kappa shape index (κ3) is 5.22. The van der Waals surface area contributed by atoms with Gasteiger partial charge in [-0.2, -0.15) is 0 Å². The van der Waals surface area contributed by atoms with E-state index in [9.17, 15) is 15.3 Å². The summed E-state index contributed by atoms with van der Waals surface area (Å²) < 4.78 is 11.3. The molecule has 1 aliphatic heterocycles. The zero-order valence-corrected chi connectivity index (χ0v) is 20.3. The molecule has 2 unspecified atom stereocenters. The first-order valence-corrected chi connectivity index (χ1v) is 12.5. The lowest BCUT2D eigenvalue weighted by atomic mass is 9.47. The first-order chi connectivity index (χ1) is 14.5. The van der Waals surface area contributed by atoms with Crippen LogP contribution in [0, 0.1) is 28.6 Å². The number of fused-ring (bicyclic) bond motifs is 1. The molecule has 0 aromatic heterocycles. The van der Waals surface area contributed by atoms with Crippen molar-refractivity contribution < 1.29 is 24.8 Å². The molecule has 3 aliphatic rings. The minimum Gasteiger partial charge on any atom is -0.388 e. The van der Waals surface area contributed by atoms with Gasteiger partial charge in [-0.1, -0.05) is 52.7 Å². The van der Waals surface area contributed by atoms with E-state index in [1.807, 2.05) is 0 Å². The lowest BCUT2D eigenvalue weighted by molar-refractivity contribution is -0.293. The summed E-state index contributed by atoms with van der Waals surface area (Å²) in [4.78, 5) is 0. The van der Waals surface area contributed by atoms with Crippen molar-refractivity contribution in [2.24, 2.45) is 28.6 Å². The van der Waals surface area contributed by atoms with Gasteiger partial charge in [0.1, 0.15) is 18.3 Å². The van der Waals surface area contributed by atoms with E-state index in [1.54, 1.807) is 6.92 Å². The highest BCUT2D eigenvalue weighted by molar-refractivity contribution is 5.15. The highest BCUT2D eigenvalue weighted by Gasteiger charge is 2.52. The van der Waals surface area contributed by atoms with Gasteiger partial charge in [0, 0.05) is 0 Å². The van der Waals surface area contributed by atoms with E-state index in [1.165, 1.54) is 44.1 Å². The zero-order chi connectivity index (χ0) is 23.0. The molecular formula is C26H46O5. The average Bonchev–Trinajstić information content (AvgIpc) is 2.69. The van der Waals surface area contributed by atoms with Crippen molar-refractivity contribution in [3.63, 3.8) is 0 Å². The minimum atomic E-state index is -1.24. The van der Waals surface area contributed by atoms with Crippen LogP contribution in [-0.2, 0) is 9.47 Å². The Hall–Kier alpha value is -0.460. The van der Waals surface area contributed by atoms with Crippen LogP contribution >= 0.6 is 0 Å². The maximum atomic E-state index is 10.1. The summed E-state index contributed by atoms with van der Waals surface area (Å²) in [5.41, 5.74) is 2.27. The molecule has 9 atom stereocenters. The molecule has 0 spiro atoms. The normalized spacial score (nSPS) is 44.0. The van der Waals surface area contributed by atoms with Crippen molar-refractivity contribution in [1.29, 1.82) is 0 Å². The Bertz CT molecular complexity index is 619. The van der Waals surface area contributed by atoms with Gasteiger partial charge in [0.2, 0.25) is 0 Å². The molecule has 31 heavy (non-hydrogen) atoms. The van der Waals surface area contributed by atoms with Crippen LogP contribution in [0.2, 0.25) is 0 Å². The van der Waals surface area contributed by atoms with E-state index >= 15 is 0 Å². The van der Waals surface area contributed by atoms with Crippen LogP contribution < -0.4 is 0 Å². The quantitative estimate of drug-likeness (QED) is 0.512. The van der Waals surface area contributed by atoms with Crippen LogP contribution in [0.3, 0.4) is 0 Å². The monoisotopic (exact) mass is 438 g/mol.